The van der Waals surface area contributed by atoms with Crippen LogP contribution in [0.1, 0.15) is 5.56 Å². The number of methoxy groups -OCH3 is 1. The summed E-state index contributed by atoms with van der Waals surface area (Å²) in [4.78, 5) is 6.13. The highest BCUT2D eigenvalue weighted by atomic mass is 32.2. The van der Waals surface area contributed by atoms with Gasteiger partial charge in [0.1, 0.15) is 11.8 Å². The smallest absolute Gasteiger partial charge is 0.263 e. The largest absolute Gasteiger partial charge is 0.497 e. The van der Waals surface area contributed by atoms with Crippen LogP contribution in [-0.2, 0) is 0 Å². The Bertz CT molecular complexity index is 633. The van der Waals surface area contributed by atoms with E-state index in [1.807, 2.05) is 55.5 Å². The summed E-state index contributed by atoms with van der Waals surface area (Å²) in [5.41, 5.74) is 1.56. The van der Waals surface area contributed by atoms with Crippen molar-refractivity contribution >= 4 is 17.4 Å². The summed E-state index contributed by atoms with van der Waals surface area (Å²) in [6.45, 7) is 0. The van der Waals surface area contributed by atoms with Gasteiger partial charge in [0.2, 0.25) is 0 Å². The molecular formula is C15H16N3OS+. The number of nitrogens with one attached hydrogen (secondary N) is 1. The Morgan fingerprint density at radius 2 is 1.90 bits per heavy atom. The van der Waals surface area contributed by atoms with Gasteiger partial charge in [-0.3, -0.25) is 0 Å². The lowest BCUT2D eigenvalue weighted by atomic mass is 10.2. The fourth-order valence-electron chi connectivity index (χ4n) is 1.79. The van der Waals surface area contributed by atoms with E-state index < -0.39 is 0 Å². The molecule has 0 unspecified atom stereocenters. The zero-order valence-corrected chi connectivity index (χ0v) is 12.5. The van der Waals surface area contributed by atoms with Gasteiger partial charge in [-0.15, -0.1) is 0 Å². The van der Waals surface area contributed by atoms with E-state index in [4.69, 9.17) is 4.74 Å². The molecule has 0 saturated heterocycles. The van der Waals surface area contributed by atoms with Crippen LogP contribution in [0.15, 0.2) is 46.5 Å². The number of aromatic amines is 1. The first-order valence-corrected chi connectivity index (χ1v) is 6.91. The topological polar surface area (TPSA) is 50.4 Å². The maximum absolute atomic E-state index is 9.38. The van der Waals surface area contributed by atoms with Gasteiger partial charge in [0.25, 0.3) is 5.03 Å². The number of hydrogen-bond donors (Lipinski definition) is 0. The molecular weight excluding hydrogens is 270 g/mol. The van der Waals surface area contributed by atoms with Gasteiger partial charge >= 0.3 is 0 Å². The van der Waals surface area contributed by atoms with Crippen molar-refractivity contribution in [1.82, 2.24) is 0 Å². The van der Waals surface area contributed by atoms with E-state index in [2.05, 4.69) is 11.1 Å². The Kier molecular flexibility index (Phi) is 4.49. The number of rotatable bonds is 4. The van der Waals surface area contributed by atoms with E-state index in [0.717, 1.165) is 21.4 Å². The standard InChI is InChI=1S/C15H15N3OS/c1-18(2)14-8-9-17-15(13(14)10-16)20-12-6-4-11(19-3)5-7-12/h4-9H,1-3H3/p+1. The van der Waals surface area contributed by atoms with E-state index >= 15 is 0 Å². The quantitative estimate of drug-likeness (QED) is 0.867. The molecule has 0 amide bonds. The number of H-pyrrole nitrogens is 1. The molecule has 1 heterocycles. The molecule has 0 aliphatic carbocycles. The third-order valence-corrected chi connectivity index (χ3v) is 3.85. The van der Waals surface area contributed by atoms with Crippen molar-refractivity contribution < 1.29 is 9.72 Å². The van der Waals surface area contributed by atoms with Crippen LogP contribution in [0.3, 0.4) is 0 Å². The summed E-state index contributed by atoms with van der Waals surface area (Å²) in [5.74, 6) is 0.820. The van der Waals surface area contributed by atoms with E-state index in [-0.39, 0.29) is 0 Å². The number of ether oxygens (including phenoxy) is 1. The van der Waals surface area contributed by atoms with Crippen LogP contribution in [0.5, 0.6) is 5.75 Å². The number of nitrogens with zero attached hydrogens (tertiary/aromatic N) is 2. The number of nitriles is 1. The van der Waals surface area contributed by atoms with Crippen molar-refractivity contribution in [3.05, 3.63) is 42.1 Å². The fraction of sp³-hybridized carbons (Fsp3) is 0.200. The summed E-state index contributed by atoms with van der Waals surface area (Å²) in [6.07, 6.45) is 1.85. The number of pyridine rings is 1. The van der Waals surface area contributed by atoms with Crippen LogP contribution in [0.4, 0.5) is 5.69 Å². The molecule has 0 aliphatic rings. The van der Waals surface area contributed by atoms with E-state index in [0.29, 0.717) is 5.56 Å². The second-order valence-corrected chi connectivity index (χ2v) is 5.43. The van der Waals surface area contributed by atoms with Crippen molar-refractivity contribution in [3.8, 4) is 11.8 Å². The highest BCUT2D eigenvalue weighted by molar-refractivity contribution is 7.99. The Morgan fingerprint density at radius 3 is 2.45 bits per heavy atom. The predicted octanol–water partition coefficient (Wildman–Crippen LogP) is 2.60. The monoisotopic (exact) mass is 286 g/mol. The Morgan fingerprint density at radius 1 is 1.20 bits per heavy atom. The molecule has 0 saturated carbocycles. The number of aromatic nitrogens is 1. The first kappa shape index (κ1) is 14.2. The molecule has 1 N–H and O–H groups in total. The first-order valence-electron chi connectivity index (χ1n) is 6.09. The lowest BCUT2D eigenvalue weighted by molar-refractivity contribution is -0.426. The first-order chi connectivity index (χ1) is 9.65. The SMILES string of the molecule is COc1ccc(Sc2[nH+]ccc(N(C)C)c2C#N)cc1. The number of hydrogen-bond acceptors (Lipinski definition) is 4. The average Bonchev–Trinajstić information content (AvgIpc) is 2.47. The molecule has 0 radical (unpaired) electrons. The van der Waals surface area contributed by atoms with Gasteiger partial charge in [-0.2, -0.15) is 5.26 Å². The second-order valence-electron chi connectivity index (χ2n) is 4.35. The minimum Gasteiger partial charge on any atom is -0.497 e. The molecule has 1 aromatic carbocycles. The number of benzene rings is 1. The van der Waals surface area contributed by atoms with Crippen LogP contribution in [0.25, 0.3) is 0 Å². The van der Waals surface area contributed by atoms with Gasteiger partial charge in [0.15, 0.2) is 11.8 Å². The minimum atomic E-state index is 0.651. The lowest BCUT2D eigenvalue weighted by Crippen LogP contribution is -2.16. The zero-order chi connectivity index (χ0) is 14.5. The van der Waals surface area contributed by atoms with Crippen LogP contribution in [0.2, 0.25) is 0 Å². The van der Waals surface area contributed by atoms with E-state index in [9.17, 15) is 5.26 Å². The zero-order valence-electron chi connectivity index (χ0n) is 11.7. The molecule has 1 aromatic heterocycles. The van der Waals surface area contributed by atoms with Gasteiger partial charge in [-0.1, -0.05) is 0 Å². The lowest BCUT2D eigenvalue weighted by Gasteiger charge is -2.13. The van der Waals surface area contributed by atoms with Crippen LogP contribution in [-0.4, -0.2) is 21.2 Å². The number of anilines is 1. The van der Waals surface area contributed by atoms with Gasteiger partial charge in [-0.25, -0.2) is 4.98 Å². The molecule has 0 aliphatic heterocycles. The second kappa shape index (κ2) is 6.31. The highest BCUT2D eigenvalue weighted by Crippen LogP contribution is 2.31. The van der Waals surface area contributed by atoms with Crippen molar-refractivity contribution in [2.24, 2.45) is 0 Å². The van der Waals surface area contributed by atoms with Gasteiger partial charge < -0.3 is 9.64 Å². The van der Waals surface area contributed by atoms with E-state index in [1.54, 1.807) is 7.11 Å². The molecule has 0 spiro atoms. The molecule has 4 nitrogen and oxygen atoms in total. The maximum atomic E-state index is 9.38. The molecule has 0 fully saturated rings. The molecule has 2 aromatic rings. The normalized spacial score (nSPS) is 9.90. The van der Waals surface area contributed by atoms with Crippen LogP contribution < -0.4 is 14.6 Å². The molecule has 2 rings (SSSR count). The summed E-state index contributed by atoms with van der Waals surface area (Å²) < 4.78 is 5.14. The van der Waals surface area contributed by atoms with Crippen LogP contribution in [0, 0.1) is 11.3 Å². The summed E-state index contributed by atoms with van der Waals surface area (Å²) in [5, 5.41) is 10.2. The van der Waals surface area contributed by atoms with E-state index in [1.165, 1.54) is 11.8 Å². The summed E-state index contributed by atoms with van der Waals surface area (Å²) >= 11 is 1.53. The molecule has 5 heteroatoms. The van der Waals surface area contributed by atoms with Gasteiger partial charge in [-0.05, 0) is 36.0 Å². The predicted molar refractivity (Wildman–Crippen MR) is 79.2 cm³/mol. The Labute approximate surface area is 123 Å². The van der Waals surface area contributed by atoms with Crippen molar-refractivity contribution in [2.75, 3.05) is 26.1 Å². The van der Waals surface area contributed by atoms with Gasteiger partial charge in [0, 0.05) is 25.1 Å². The fourth-order valence-corrected chi connectivity index (χ4v) is 2.68. The molecule has 102 valence electrons. The molecule has 20 heavy (non-hydrogen) atoms. The van der Waals surface area contributed by atoms with Crippen LogP contribution >= 0.6 is 11.8 Å². The van der Waals surface area contributed by atoms with Crippen molar-refractivity contribution in [3.63, 3.8) is 0 Å². The molecule has 0 bridgehead atoms. The highest BCUT2D eigenvalue weighted by Gasteiger charge is 2.17. The maximum Gasteiger partial charge on any atom is 0.263 e. The van der Waals surface area contributed by atoms with Crippen molar-refractivity contribution in [2.45, 2.75) is 9.92 Å². The van der Waals surface area contributed by atoms with Gasteiger partial charge in [0.05, 0.1) is 12.8 Å². The summed E-state index contributed by atoms with van der Waals surface area (Å²) in [7, 11) is 5.50. The molecule has 0 atom stereocenters. The summed E-state index contributed by atoms with van der Waals surface area (Å²) in [6, 6.07) is 11.9. The minimum absolute atomic E-state index is 0.651. The Hall–Kier alpha value is -2.19. The van der Waals surface area contributed by atoms with Crippen molar-refractivity contribution in [1.29, 1.82) is 5.26 Å². The average molecular weight is 286 g/mol. The third kappa shape index (κ3) is 3.03. The Balaban J connectivity index is 2.33. The third-order valence-electron chi connectivity index (χ3n) is 2.81.